The van der Waals surface area contributed by atoms with Crippen LogP contribution in [0.25, 0.3) is 0 Å². The third-order valence-corrected chi connectivity index (χ3v) is 3.03. The predicted octanol–water partition coefficient (Wildman–Crippen LogP) is 2.48. The molecule has 0 bridgehead atoms. The van der Waals surface area contributed by atoms with E-state index in [9.17, 15) is 4.79 Å². The molecule has 0 aromatic carbocycles. The summed E-state index contributed by atoms with van der Waals surface area (Å²) < 4.78 is 0. The van der Waals surface area contributed by atoms with E-state index < -0.39 is 0 Å². The highest BCUT2D eigenvalue weighted by Gasteiger charge is 2.18. The quantitative estimate of drug-likeness (QED) is 0.474. The Bertz CT molecular complexity index is 387. The number of pyridine rings is 1. The number of hydroxylamine groups is 2. The zero-order valence-electron chi connectivity index (χ0n) is 9.36. The molecule has 0 N–H and O–H groups in total. The van der Waals surface area contributed by atoms with Crippen molar-refractivity contribution in [3.63, 3.8) is 0 Å². The number of rotatable bonds is 4. The molecule has 0 aliphatic carbocycles. The van der Waals surface area contributed by atoms with Crippen molar-refractivity contribution in [2.75, 3.05) is 19.9 Å². The molecular formula is C10H13ClN2O2S. The average Bonchev–Trinajstić information content (AvgIpc) is 2.29. The molecular weight excluding hydrogens is 248 g/mol. The number of carbonyl (C=O) groups excluding carboxylic acids is 1. The van der Waals surface area contributed by atoms with E-state index in [1.807, 2.05) is 6.92 Å². The van der Waals surface area contributed by atoms with Gasteiger partial charge in [0.1, 0.15) is 10.8 Å². The van der Waals surface area contributed by atoms with Crippen LogP contribution in [-0.4, -0.2) is 35.9 Å². The third kappa shape index (κ3) is 3.10. The Balaban J connectivity index is 3.08. The Morgan fingerprint density at radius 2 is 2.31 bits per heavy atom. The number of halogens is 1. The van der Waals surface area contributed by atoms with Crippen molar-refractivity contribution in [3.8, 4) is 0 Å². The van der Waals surface area contributed by atoms with Gasteiger partial charge < -0.3 is 0 Å². The Morgan fingerprint density at radius 3 is 2.88 bits per heavy atom. The minimum absolute atomic E-state index is 0.299. The Labute approximate surface area is 104 Å². The van der Waals surface area contributed by atoms with Crippen molar-refractivity contribution < 1.29 is 9.63 Å². The smallest absolute Gasteiger partial charge is 0.274 e. The van der Waals surface area contributed by atoms with Crippen molar-refractivity contribution in [1.82, 2.24) is 10.0 Å². The fourth-order valence-electron chi connectivity index (χ4n) is 1.08. The number of amides is 1. The van der Waals surface area contributed by atoms with Crippen molar-refractivity contribution in [1.29, 1.82) is 0 Å². The minimum atomic E-state index is -0.305. The molecule has 0 radical (unpaired) electrons. The van der Waals surface area contributed by atoms with Crippen molar-refractivity contribution in [2.45, 2.75) is 11.8 Å². The van der Waals surface area contributed by atoms with Crippen LogP contribution in [0.5, 0.6) is 0 Å². The fourth-order valence-corrected chi connectivity index (χ4v) is 1.97. The maximum atomic E-state index is 11.9. The van der Waals surface area contributed by atoms with Crippen LogP contribution < -0.4 is 0 Å². The Kier molecular flexibility index (Phi) is 5.05. The fraction of sp³-hybridized carbons (Fsp3) is 0.400. The van der Waals surface area contributed by atoms with E-state index in [1.165, 1.54) is 14.2 Å². The molecule has 1 rings (SSSR count). The van der Waals surface area contributed by atoms with Crippen LogP contribution in [0.1, 0.15) is 17.4 Å². The monoisotopic (exact) mass is 260 g/mol. The van der Waals surface area contributed by atoms with E-state index >= 15 is 0 Å². The van der Waals surface area contributed by atoms with E-state index in [2.05, 4.69) is 4.98 Å². The van der Waals surface area contributed by atoms with Crippen LogP contribution in [0.4, 0.5) is 0 Å². The second-order valence-corrected chi connectivity index (χ2v) is 4.59. The van der Waals surface area contributed by atoms with Gasteiger partial charge in [-0.25, -0.2) is 10.0 Å². The van der Waals surface area contributed by atoms with Crippen LogP contribution in [-0.2, 0) is 4.84 Å². The first-order chi connectivity index (χ1) is 7.60. The summed E-state index contributed by atoms with van der Waals surface area (Å²) >= 11 is 7.32. The topological polar surface area (TPSA) is 42.4 Å². The molecule has 1 heterocycles. The molecule has 88 valence electrons. The molecule has 0 aliphatic rings. The molecule has 0 saturated heterocycles. The summed E-state index contributed by atoms with van der Waals surface area (Å²) in [5.41, 5.74) is 0.323. The van der Waals surface area contributed by atoms with E-state index in [4.69, 9.17) is 16.4 Å². The van der Waals surface area contributed by atoms with Gasteiger partial charge >= 0.3 is 0 Å². The van der Waals surface area contributed by atoms with Gasteiger partial charge in [-0.1, -0.05) is 18.5 Å². The Hall–Kier alpha value is -0.780. The van der Waals surface area contributed by atoms with Crippen molar-refractivity contribution in [2.24, 2.45) is 0 Å². The van der Waals surface area contributed by atoms with Gasteiger partial charge in [-0.05, 0) is 17.9 Å². The largest absolute Gasteiger partial charge is 0.296 e. The molecule has 0 atom stereocenters. The van der Waals surface area contributed by atoms with Gasteiger partial charge in [0.15, 0.2) is 0 Å². The van der Waals surface area contributed by atoms with Gasteiger partial charge in [-0.3, -0.25) is 9.63 Å². The predicted molar refractivity (Wildman–Crippen MR) is 64.7 cm³/mol. The molecule has 1 amide bonds. The highest BCUT2D eigenvalue weighted by Crippen LogP contribution is 2.23. The van der Waals surface area contributed by atoms with E-state index in [0.717, 1.165) is 15.7 Å². The minimum Gasteiger partial charge on any atom is -0.274 e. The highest BCUT2D eigenvalue weighted by atomic mass is 35.5. The Morgan fingerprint density at radius 1 is 1.62 bits per heavy atom. The lowest BCUT2D eigenvalue weighted by Gasteiger charge is -2.15. The number of thioether (sulfide) groups is 1. The molecule has 0 spiro atoms. The van der Waals surface area contributed by atoms with Crippen LogP contribution in [0.3, 0.4) is 0 Å². The zero-order valence-corrected chi connectivity index (χ0v) is 10.9. The van der Waals surface area contributed by atoms with E-state index in [-0.39, 0.29) is 5.91 Å². The summed E-state index contributed by atoms with van der Waals surface area (Å²) in [5.74, 6) is 0.557. The van der Waals surface area contributed by atoms with Gasteiger partial charge in [-0.15, -0.1) is 11.8 Å². The summed E-state index contributed by atoms with van der Waals surface area (Å²) in [6, 6.07) is 3.46. The van der Waals surface area contributed by atoms with Crippen molar-refractivity contribution in [3.05, 3.63) is 23.0 Å². The van der Waals surface area contributed by atoms with Gasteiger partial charge in [0, 0.05) is 11.9 Å². The first-order valence-electron chi connectivity index (χ1n) is 4.71. The molecule has 6 heteroatoms. The van der Waals surface area contributed by atoms with Gasteiger partial charge in [0.2, 0.25) is 0 Å². The molecule has 0 fully saturated rings. The number of carbonyl (C=O) groups is 1. The van der Waals surface area contributed by atoms with E-state index in [1.54, 1.807) is 23.9 Å². The first-order valence-corrected chi connectivity index (χ1v) is 6.08. The SMILES string of the molecule is CCSc1ccc(Cl)nc1C(=O)N(C)OC. The number of aromatic nitrogens is 1. The highest BCUT2D eigenvalue weighted by molar-refractivity contribution is 7.99. The summed E-state index contributed by atoms with van der Waals surface area (Å²) in [6.45, 7) is 2.01. The van der Waals surface area contributed by atoms with Crippen LogP contribution in [0.2, 0.25) is 5.15 Å². The second kappa shape index (κ2) is 6.08. The standard InChI is InChI=1S/C10H13ClN2O2S/c1-4-16-7-5-6-8(11)12-9(7)10(14)13(2)15-3/h5-6H,4H2,1-3H3. The lowest BCUT2D eigenvalue weighted by molar-refractivity contribution is -0.0762. The van der Waals surface area contributed by atoms with E-state index in [0.29, 0.717) is 10.8 Å². The first kappa shape index (κ1) is 13.3. The summed E-state index contributed by atoms with van der Waals surface area (Å²) in [4.78, 5) is 21.6. The summed E-state index contributed by atoms with van der Waals surface area (Å²) in [6.07, 6.45) is 0. The molecule has 0 aliphatic heterocycles. The van der Waals surface area contributed by atoms with Crippen LogP contribution in [0, 0.1) is 0 Å². The number of hydrogen-bond acceptors (Lipinski definition) is 4. The molecule has 0 unspecified atom stereocenters. The zero-order chi connectivity index (χ0) is 12.1. The van der Waals surface area contributed by atoms with Crippen molar-refractivity contribution >= 4 is 29.3 Å². The molecule has 1 aromatic heterocycles. The maximum Gasteiger partial charge on any atom is 0.296 e. The molecule has 1 aromatic rings. The van der Waals surface area contributed by atoms with Gasteiger partial charge in [0.25, 0.3) is 5.91 Å². The third-order valence-electron chi connectivity index (χ3n) is 1.89. The number of hydrogen-bond donors (Lipinski definition) is 0. The van der Waals surface area contributed by atoms with Gasteiger partial charge in [0.05, 0.1) is 7.11 Å². The molecule has 4 nitrogen and oxygen atoms in total. The molecule has 0 saturated carbocycles. The number of nitrogens with zero attached hydrogens (tertiary/aromatic N) is 2. The lowest BCUT2D eigenvalue weighted by atomic mass is 10.3. The van der Waals surface area contributed by atoms with Crippen LogP contribution in [0.15, 0.2) is 17.0 Å². The normalized spacial score (nSPS) is 10.2. The summed E-state index contributed by atoms with van der Waals surface area (Å²) in [7, 11) is 2.96. The average molecular weight is 261 g/mol. The van der Waals surface area contributed by atoms with Gasteiger partial charge in [-0.2, -0.15) is 0 Å². The lowest BCUT2D eigenvalue weighted by Crippen LogP contribution is -2.26. The van der Waals surface area contributed by atoms with Crippen LogP contribution >= 0.6 is 23.4 Å². The molecule has 16 heavy (non-hydrogen) atoms. The summed E-state index contributed by atoms with van der Waals surface area (Å²) in [5, 5.41) is 1.42. The second-order valence-electron chi connectivity index (χ2n) is 2.90. The maximum absolute atomic E-state index is 11.9.